The highest BCUT2D eigenvalue weighted by atomic mass is 16.4. The van der Waals surface area contributed by atoms with Gasteiger partial charge in [0.2, 0.25) is 0 Å². The summed E-state index contributed by atoms with van der Waals surface area (Å²) >= 11 is 0. The Hall–Kier alpha value is -1.71. The summed E-state index contributed by atoms with van der Waals surface area (Å²) in [5.74, 6) is -0.337. The van der Waals surface area contributed by atoms with E-state index in [0.29, 0.717) is 28.9 Å². The van der Waals surface area contributed by atoms with E-state index in [4.69, 9.17) is 10.8 Å². The predicted molar refractivity (Wildman–Crippen MR) is 68.2 cm³/mol. The van der Waals surface area contributed by atoms with Crippen LogP contribution >= 0.6 is 0 Å². The van der Waals surface area contributed by atoms with E-state index in [1.807, 2.05) is 0 Å². The molecule has 0 amide bonds. The average Bonchev–Trinajstić information content (AvgIpc) is 2.64. The molecule has 2 atom stereocenters. The van der Waals surface area contributed by atoms with Crippen LogP contribution in [0.4, 0.5) is 11.4 Å². The zero-order valence-corrected chi connectivity index (χ0v) is 9.94. The normalized spacial score (nSPS) is 23.6. The minimum Gasteiger partial charge on any atom is -0.478 e. The van der Waals surface area contributed by atoms with Crippen molar-refractivity contribution in [3.63, 3.8) is 0 Å². The van der Waals surface area contributed by atoms with Gasteiger partial charge in [-0.25, -0.2) is 4.79 Å². The van der Waals surface area contributed by atoms with Crippen molar-refractivity contribution in [1.82, 2.24) is 0 Å². The van der Waals surface area contributed by atoms with Crippen LogP contribution in [-0.2, 0) is 0 Å². The molecule has 0 saturated heterocycles. The van der Waals surface area contributed by atoms with E-state index >= 15 is 0 Å². The van der Waals surface area contributed by atoms with Gasteiger partial charge in [0.05, 0.1) is 11.3 Å². The molecule has 1 aromatic rings. The fourth-order valence-electron chi connectivity index (χ4n) is 2.43. The van der Waals surface area contributed by atoms with Gasteiger partial charge in [-0.15, -0.1) is 0 Å². The molecule has 0 radical (unpaired) electrons. The summed E-state index contributed by atoms with van der Waals surface area (Å²) in [4.78, 5) is 11.1. The monoisotopic (exact) mass is 234 g/mol. The molecule has 0 spiro atoms. The second-order valence-electron chi connectivity index (χ2n) is 4.77. The molecule has 92 valence electrons. The lowest BCUT2D eigenvalue weighted by Gasteiger charge is -2.20. The quantitative estimate of drug-likeness (QED) is 0.702. The number of hydrogen-bond acceptors (Lipinski definition) is 3. The zero-order chi connectivity index (χ0) is 12.4. The highest BCUT2D eigenvalue weighted by Gasteiger charge is 2.24. The van der Waals surface area contributed by atoms with E-state index in [2.05, 4.69) is 12.2 Å². The molecule has 1 saturated carbocycles. The lowest BCUT2D eigenvalue weighted by Crippen LogP contribution is -2.23. The summed E-state index contributed by atoms with van der Waals surface area (Å²) in [6.07, 6.45) is 3.49. The van der Waals surface area contributed by atoms with Crippen molar-refractivity contribution in [2.24, 2.45) is 5.92 Å². The molecule has 0 bridgehead atoms. The molecule has 4 heteroatoms. The molecule has 0 heterocycles. The summed E-state index contributed by atoms with van der Waals surface area (Å²) in [6.45, 7) is 2.19. The molecule has 1 fully saturated rings. The first-order valence-electron chi connectivity index (χ1n) is 5.97. The standard InChI is InChI=1S/C13H18N2O2/c1-8-3-2-4-11(8)15-12-7-9(14)5-6-10(12)13(16)17/h5-8,11,15H,2-4,14H2,1H3,(H,16,17). The Morgan fingerprint density at radius 3 is 2.82 bits per heavy atom. The maximum atomic E-state index is 11.1. The van der Waals surface area contributed by atoms with Crippen molar-refractivity contribution in [2.45, 2.75) is 32.2 Å². The summed E-state index contributed by atoms with van der Waals surface area (Å²) < 4.78 is 0. The fraction of sp³-hybridized carbons (Fsp3) is 0.462. The fourth-order valence-corrected chi connectivity index (χ4v) is 2.43. The van der Waals surface area contributed by atoms with Crippen LogP contribution in [0.5, 0.6) is 0 Å². The van der Waals surface area contributed by atoms with E-state index in [9.17, 15) is 4.79 Å². The van der Waals surface area contributed by atoms with Crippen molar-refractivity contribution < 1.29 is 9.90 Å². The predicted octanol–water partition coefficient (Wildman–Crippen LogP) is 2.57. The van der Waals surface area contributed by atoms with E-state index in [-0.39, 0.29) is 0 Å². The minimum atomic E-state index is -0.918. The number of nitrogens with two attached hydrogens (primary N) is 1. The molecule has 0 aromatic heterocycles. The molecule has 1 aliphatic rings. The Kier molecular flexibility index (Phi) is 3.22. The topological polar surface area (TPSA) is 75.3 Å². The van der Waals surface area contributed by atoms with Crippen LogP contribution in [0.3, 0.4) is 0 Å². The van der Waals surface area contributed by atoms with Gasteiger partial charge in [-0.2, -0.15) is 0 Å². The molecule has 2 rings (SSSR count). The average molecular weight is 234 g/mol. The first-order valence-corrected chi connectivity index (χ1v) is 5.97. The molecule has 17 heavy (non-hydrogen) atoms. The first-order chi connectivity index (χ1) is 8.08. The molecule has 2 unspecified atom stereocenters. The Morgan fingerprint density at radius 2 is 2.24 bits per heavy atom. The highest BCUT2D eigenvalue weighted by Crippen LogP contribution is 2.30. The summed E-state index contributed by atoms with van der Waals surface area (Å²) in [5.41, 5.74) is 7.22. The lowest BCUT2D eigenvalue weighted by molar-refractivity contribution is 0.0698. The molecule has 4 nitrogen and oxygen atoms in total. The van der Waals surface area contributed by atoms with E-state index in [1.165, 1.54) is 12.8 Å². The van der Waals surface area contributed by atoms with Gasteiger partial charge in [0.25, 0.3) is 0 Å². The maximum Gasteiger partial charge on any atom is 0.337 e. The summed E-state index contributed by atoms with van der Waals surface area (Å²) in [5, 5.41) is 12.4. The van der Waals surface area contributed by atoms with Crippen LogP contribution < -0.4 is 11.1 Å². The Labute approximate surface area is 101 Å². The first kappa shape index (κ1) is 11.8. The number of anilines is 2. The van der Waals surface area contributed by atoms with Crippen LogP contribution in [0.1, 0.15) is 36.5 Å². The van der Waals surface area contributed by atoms with Crippen molar-refractivity contribution in [2.75, 3.05) is 11.1 Å². The number of carboxylic acid groups (broad SMARTS) is 1. The third-order valence-electron chi connectivity index (χ3n) is 3.48. The Morgan fingerprint density at radius 1 is 1.47 bits per heavy atom. The van der Waals surface area contributed by atoms with Gasteiger partial charge < -0.3 is 16.2 Å². The summed E-state index contributed by atoms with van der Waals surface area (Å²) in [7, 11) is 0. The third-order valence-corrected chi connectivity index (χ3v) is 3.48. The van der Waals surface area contributed by atoms with Gasteiger partial charge in [-0.05, 0) is 37.0 Å². The Balaban J connectivity index is 2.24. The molecule has 1 aliphatic carbocycles. The van der Waals surface area contributed by atoms with E-state index in [0.717, 1.165) is 6.42 Å². The number of carboxylic acids is 1. The smallest absolute Gasteiger partial charge is 0.337 e. The van der Waals surface area contributed by atoms with Crippen molar-refractivity contribution in [3.05, 3.63) is 23.8 Å². The maximum absolute atomic E-state index is 11.1. The minimum absolute atomic E-state index is 0.290. The van der Waals surface area contributed by atoms with Gasteiger partial charge in [-0.1, -0.05) is 13.3 Å². The number of rotatable bonds is 3. The van der Waals surface area contributed by atoms with Crippen LogP contribution in [0.2, 0.25) is 0 Å². The van der Waals surface area contributed by atoms with E-state index < -0.39 is 5.97 Å². The number of nitrogens with one attached hydrogen (secondary N) is 1. The molecular weight excluding hydrogens is 216 g/mol. The second-order valence-corrected chi connectivity index (χ2v) is 4.77. The summed E-state index contributed by atoms with van der Waals surface area (Å²) in [6, 6.07) is 5.23. The molecule has 0 aliphatic heterocycles. The third kappa shape index (κ3) is 2.52. The lowest BCUT2D eigenvalue weighted by atomic mass is 10.0. The largest absolute Gasteiger partial charge is 0.478 e. The van der Waals surface area contributed by atoms with E-state index in [1.54, 1.807) is 18.2 Å². The highest BCUT2D eigenvalue weighted by molar-refractivity contribution is 5.95. The van der Waals surface area contributed by atoms with Gasteiger partial charge in [0, 0.05) is 11.7 Å². The molecular formula is C13H18N2O2. The van der Waals surface area contributed by atoms with Gasteiger partial charge >= 0.3 is 5.97 Å². The number of hydrogen-bond donors (Lipinski definition) is 3. The zero-order valence-electron chi connectivity index (χ0n) is 9.94. The van der Waals surface area contributed by atoms with Crippen LogP contribution in [0.25, 0.3) is 0 Å². The van der Waals surface area contributed by atoms with Crippen LogP contribution in [0.15, 0.2) is 18.2 Å². The number of benzene rings is 1. The van der Waals surface area contributed by atoms with Gasteiger partial charge in [0.1, 0.15) is 0 Å². The number of nitrogen functional groups attached to an aromatic ring is 1. The SMILES string of the molecule is CC1CCCC1Nc1cc(N)ccc1C(=O)O. The van der Waals surface area contributed by atoms with Gasteiger partial charge in [0.15, 0.2) is 0 Å². The van der Waals surface area contributed by atoms with Crippen molar-refractivity contribution in [3.8, 4) is 0 Å². The van der Waals surface area contributed by atoms with Crippen LogP contribution in [-0.4, -0.2) is 17.1 Å². The van der Waals surface area contributed by atoms with Gasteiger partial charge in [-0.3, -0.25) is 0 Å². The molecule has 1 aromatic carbocycles. The van der Waals surface area contributed by atoms with Crippen molar-refractivity contribution in [1.29, 1.82) is 0 Å². The number of carbonyl (C=O) groups is 1. The Bertz CT molecular complexity index is 431. The number of aromatic carboxylic acids is 1. The molecule has 4 N–H and O–H groups in total. The second kappa shape index (κ2) is 4.65. The van der Waals surface area contributed by atoms with Crippen molar-refractivity contribution >= 4 is 17.3 Å². The van der Waals surface area contributed by atoms with Crippen LogP contribution in [0, 0.1) is 5.92 Å².